The molecule has 0 aromatic heterocycles. The van der Waals surface area contributed by atoms with Crippen LogP contribution in [0.5, 0.6) is 0 Å². The zero-order chi connectivity index (χ0) is 10.6. The van der Waals surface area contributed by atoms with Crippen LogP contribution >= 0.6 is 15.9 Å². The number of hydrogen-bond acceptors (Lipinski definition) is 1. The zero-order valence-electron chi connectivity index (χ0n) is 7.84. The molecule has 0 saturated carbocycles. The standard InChI is InChI=1S/C11H13BrFN/c1-2-3-4-11(14)9-7-8(13)5-6-10(9)12/h2,5-7,11H,1,3-4,14H2/t11-/m1/s1. The molecule has 1 aromatic carbocycles. The van der Waals surface area contributed by atoms with E-state index in [-0.39, 0.29) is 11.9 Å². The molecule has 1 rings (SSSR count). The normalized spacial score (nSPS) is 12.5. The molecule has 0 aliphatic rings. The lowest BCUT2D eigenvalue weighted by molar-refractivity contribution is 0.610. The van der Waals surface area contributed by atoms with Gasteiger partial charge in [0.15, 0.2) is 0 Å². The van der Waals surface area contributed by atoms with E-state index in [1.165, 1.54) is 12.1 Å². The first-order valence-electron chi connectivity index (χ1n) is 4.46. The highest BCUT2D eigenvalue weighted by Crippen LogP contribution is 2.25. The van der Waals surface area contributed by atoms with E-state index in [9.17, 15) is 4.39 Å². The van der Waals surface area contributed by atoms with Gasteiger partial charge in [-0.3, -0.25) is 0 Å². The minimum Gasteiger partial charge on any atom is -0.324 e. The van der Waals surface area contributed by atoms with E-state index < -0.39 is 0 Å². The Hall–Kier alpha value is -0.670. The van der Waals surface area contributed by atoms with Crippen molar-refractivity contribution in [2.45, 2.75) is 18.9 Å². The molecule has 76 valence electrons. The summed E-state index contributed by atoms with van der Waals surface area (Å²) in [6.45, 7) is 3.62. The van der Waals surface area contributed by atoms with Crippen LogP contribution in [0.4, 0.5) is 4.39 Å². The summed E-state index contributed by atoms with van der Waals surface area (Å²) >= 11 is 3.35. The predicted molar refractivity (Wildman–Crippen MR) is 60.5 cm³/mol. The highest BCUT2D eigenvalue weighted by molar-refractivity contribution is 9.10. The van der Waals surface area contributed by atoms with Crippen LogP contribution in [0, 0.1) is 5.82 Å². The third kappa shape index (κ3) is 2.93. The molecule has 0 radical (unpaired) electrons. The van der Waals surface area contributed by atoms with Gasteiger partial charge in [0, 0.05) is 10.5 Å². The van der Waals surface area contributed by atoms with Gasteiger partial charge in [-0.1, -0.05) is 22.0 Å². The van der Waals surface area contributed by atoms with Crippen molar-refractivity contribution in [3.8, 4) is 0 Å². The second-order valence-corrected chi connectivity index (χ2v) is 3.99. The molecule has 1 aromatic rings. The van der Waals surface area contributed by atoms with Crippen molar-refractivity contribution in [3.63, 3.8) is 0 Å². The molecule has 1 atom stereocenters. The fourth-order valence-electron chi connectivity index (χ4n) is 1.25. The topological polar surface area (TPSA) is 26.0 Å². The van der Waals surface area contributed by atoms with Crippen molar-refractivity contribution >= 4 is 15.9 Å². The number of nitrogens with two attached hydrogens (primary N) is 1. The third-order valence-electron chi connectivity index (χ3n) is 2.04. The lowest BCUT2D eigenvalue weighted by atomic mass is 10.0. The minimum absolute atomic E-state index is 0.141. The molecule has 0 amide bonds. The Labute approximate surface area is 91.9 Å². The lowest BCUT2D eigenvalue weighted by Crippen LogP contribution is -2.10. The van der Waals surface area contributed by atoms with Gasteiger partial charge in [-0.2, -0.15) is 0 Å². The Kier molecular flexibility index (Phi) is 4.29. The van der Waals surface area contributed by atoms with E-state index in [1.54, 1.807) is 6.07 Å². The summed E-state index contributed by atoms with van der Waals surface area (Å²) < 4.78 is 13.8. The molecule has 14 heavy (non-hydrogen) atoms. The monoisotopic (exact) mass is 257 g/mol. The van der Waals surface area contributed by atoms with Crippen molar-refractivity contribution < 1.29 is 4.39 Å². The van der Waals surface area contributed by atoms with Crippen LogP contribution in [0.15, 0.2) is 35.3 Å². The first-order chi connectivity index (χ1) is 6.65. The van der Waals surface area contributed by atoms with Crippen molar-refractivity contribution in [2.75, 3.05) is 0 Å². The molecule has 0 fully saturated rings. The largest absolute Gasteiger partial charge is 0.324 e. The van der Waals surface area contributed by atoms with Crippen LogP contribution < -0.4 is 5.73 Å². The average Bonchev–Trinajstić information content (AvgIpc) is 2.18. The molecule has 1 nitrogen and oxygen atoms in total. The van der Waals surface area contributed by atoms with Gasteiger partial charge in [-0.25, -0.2) is 4.39 Å². The van der Waals surface area contributed by atoms with E-state index in [0.29, 0.717) is 0 Å². The van der Waals surface area contributed by atoms with Gasteiger partial charge >= 0.3 is 0 Å². The highest BCUT2D eigenvalue weighted by atomic mass is 79.9. The summed E-state index contributed by atoms with van der Waals surface area (Å²) in [7, 11) is 0. The van der Waals surface area contributed by atoms with Crippen LogP contribution in [0.1, 0.15) is 24.4 Å². The maximum Gasteiger partial charge on any atom is 0.123 e. The summed E-state index contributed by atoms with van der Waals surface area (Å²) in [6, 6.07) is 4.42. The number of allylic oxidation sites excluding steroid dienone is 1. The van der Waals surface area contributed by atoms with Crippen molar-refractivity contribution in [2.24, 2.45) is 5.73 Å². The van der Waals surface area contributed by atoms with Gasteiger partial charge in [0.05, 0.1) is 0 Å². The smallest absolute Gasteiger partial charge is 0.123 e. The van der Waals surface area contributed by atoms with Crippen LogP contribution in [0.3, 0.4) is 0 Å². The highest BCUT2D eigenvalue weighted by Gasteiger charge is 2.09. The summed E-state index contributed by atoms with van der Waals surface area (Å²) in [6.07, 6.45) is 3.43. The second kappa shape index (κ2) is 5.27. The molecule has 0 saturated heterocycles. The van der Waals surface area contributed by atoms with Crippen LogP contribution in [0.2, 0.25) is 0 Å². The quantitative estimate of drug-likeness (QED) is 0.821. The van der Waals surface area contributed by atoms with E-state index in [2.05, 4.69) is 22.5 Å². The van der Waals surface area contributed by atoms with Crippen LogP contribution in [-0.4, -0.2) is 0 Å². The van der Waals surface area contributed by atoms with E-state index >= 15 is 0 Å². The number of hydrogen-bond donors (Lipinski definition) is 1. The summed E-state index contributed by atoms with van der Waals surface area (Å²) in [5.74, 6) is -0.253. The molecule has 0 bridgehead atoms. The summed E-state index contributed by atoms with van der Waals surface area (Å²) in [5.41, 5.74) is 6.72. The van der Waals surface area contributed by atoms with Gasteiger partial charge in [-0.15, -0.1) is 6.58 Å². The summed E-state index contributed by atoms with van der Waals surface area (Å²) in [4.78, 5) is 0. The summed E-state index contributed by atoms with van der Waals surface area (Å²) in [5, 5.41) is 0. The van der Waals surface area contributed by atoms with E-state index in [1.807, 2.05) is 6.08 Å². The SMILES string of the molecule is C=CCC[C@@H](N)c1cc(F)ccc1Br. The maximum atomic E-state index is 12.9. The van der Waals surface area contributed by atoms with Crippen molar-refractivity contribution in [1.29, 1.82) is 0 Å². The van der Waals surface area contributed by atoms with Gasteiger partial charge in [0.25, 0.3) is 0 Å². The first-order valence-corrected chi connectivity index (χ1v) is 5.26. The van der Waals surface area contributed by atoms with Crippen molar-refractivity contribution in [3.05, 3.63) is 46.7 Å². The molecule has 2 N–H and O–H groups in total. The van der Waals surface area contributed by atoms with Crippen LogP contribution in [0.25, 0.3) is 0 Å². The lowest BCUT2D eigenvalue weighted by Gasteiger charge is -2.12. The molecule has 0 spiro atoms. The Balaban J connectivity index is 2.82. The molecule has 0 heterocycles. The molecule has 3 heteroatoms. The minimum atomic E-state index is -0.253. The van der Waals surface area contributed by atoms with E-state index in [4.69, 9.17) is 5.73 Å². The second-order valence-electron chi connectivity index (χ2n) is 3.14. The fourth-order valence-corrected chi connectivity index (χ4v) is 1.79. The average molecular weight is 258 g/mol. The number of halogens is 2. The predicted octanol–water partition coefficient (Wildman–Crippen LogP) is 3.55. The molecular formula is C11H13BrFN. The first kappa shape index (κ1) is 11.4. The zero-order valence-corrected chi connectivity index (χ0v) is 9.43. The Morgan fingerprint density at radius 1 is 1.57 bits per heavy atom. The number of rotatable bonds is 4. The molecular weight excluding hydrogens is 245 g/mol. The van der Waals surface area contributed by atoms with Gasteiger partial charge in [0.1, 0.15) is 5.82 Å². The number of benzene rings is 1. The van der Waals surface area contributed by atoms with Crippen LogP contribution in [-0.2, 0) is 0 Å². The fraction of sp³-hybridized carbons (Fsp3) is 0.273. The van der Waals surface area contributed by atoms with E-state index in [0.717, 1.165) is 22.9 Å². The van der Waals surface area contributed by atoms with Gasteiger partial charge < -0.3 is 5.73 Å². The molecule has 0 aliphatic heterocycles. The Morgan fingerprint density at radius 2 is 2.29 bits per heavy atom. The Morgan fingerprint density at radius 3 is 2.93 bits per heavy atom. The van der Waals surface area contributed by atoms with Gasteiger partial charge in [-0.05, 0) is 36.6 Å². The molecule has 0 unspecified atom stereocenters. The van der Waals surface area contributed by atoms with Crippen molar-refractivity contribution in [1.82, 2.24) is 0 Å². The third-order valence-corrected chi connectivity index (χ3v) is 2.76. The Bertz CT molecular complexity index is 325. The maximum absolute atomic E-state index is 12.9. The molecule has 0 aliphatic carbocycles. The van der Waals surface area contributed by atoms with Gasteiger partial charge in [0.2, 0.25) is 0 Å².